The van der Waals surface area contributed by atoms with E-state index in [9.17, 15) is 39.4 Å². The molecule has 0 saturated carbocycles. The van der Waals surface area contributed by atoms with Crippen LogP contribution in [0.25, 0.3) is 0 Å². The molecule has 0 radical (unpaired) electrons. The largest absolute Gasteiger partial charge is 0.493 e. The van der Waals surface area contributed by atoms with Crippen molar-refractivity contribution in [3.05, 3.63) is 207 Å². The lowest BCUT2D eigenvalue weighted by molar-refractivity contribution is 0.0512. The van der Waals surface area contributed by atoms with Crippen LogP contribution in [0, 0.1) is 13.8 Å². The van der Waals surface area contributed by atoms with Gasteiger partial charge in [-0.2, -0.15) is 0 Å². The van der Waals surface area contributed by atoms with Crippen LogP contribution in [0.15, 0.2) is 146 Å². The van der Waals surface area contributed by atoms with Crippen LogP contribution in [-0.4, -0.2) is 105 Å². The van der Waals surface area contributed by atoms with Crippen LogP contribution in [0.1, 0.15) is 137 Å². The Bertz CT molecular complexity index is 3930. The van der Waals surface area contributed by atoms with Crippen LogP contribution in [0.3, 0.4) is 0 Å². The molecule has 0 spiro atoms. The zero-order chi connectivity index (χ0) is 67.7. The normalized spacial score (nSPS) is 12.4. The quantitative estimate of drug-likeness (QED) is 0.0333. The topological polar surface area (TPSA) is 269 Å². The molecule has 0 saturated heterocycles. The SMILES string of the molecule is C.C.C.CCOC(=O)c1ccc(Oc2ccc3c(c2)COB3C)cc1C.CCOC(=O)c1ccc(Oc2ccc3c(c2)COB3O)cc1C.CCOC(=O)c1ccc(Oc2ccc3c(c2)COB3O)cc1CO.CCOC(=O)c1ccc(Oc2ccc3c(c2)COB3O)cc1OCC. The predicted molar refractivity (Wildman–Crippen MR) is 376 cm³/mol. The van der Waals surface area contributed by atoms with Crippen molar-refractivity contribution in [1.82, 2.24) is 0 Å². The predicted octanol–water partition coefficient (Wildman–Crippen LogP) is 11.1. The number of aliphatic hydroxyl groups excluding tert-OH is 1. The smallest absolute Gasteiger partial charge is 0.491 e. The molecule has 0 aliphatic carbocycles. The van der Waals surface area contributed by atoms with E-state index in [0.717, 1.165) is 55.5 Å². The Kier molecular flexibility index (Phi) is 29.1. The molecule has 0 aromatic heterocycles. The molecule has 0 unspecified atom stereocenters. The first-order valence-electron chi connectivity index (χ1n) is 31.0. The van der Waals surface area contributed by atoms with E-state index in [0.29, 0.717) is 127 Å². The summed E-state index contributed by atoms with van der Waals surface area (Å²) in [4.78, 5) is 47.4. The maximum atomic E-state index is 12.0. The lowest BCUT2D eigenvalue weighted by Crippen LogP contribution is -2.27. The van der Waals surface area contributed by atoms with Crippen molar-refractivity contribution in [2.45, 2.75) is 111 Å². The average Bonchev–Trinajstić information content (AvgIpc) is 1.65. The minimum atomic E-state index is -0.890. The Morgan fingerprint density at radius 2 is 0.673 bits per heavy atom. The van der Waals surface area contributed by atoms with Crippen molar-refractivity contribution in [1.29, 1.82) is 0 Å². The fraction of sp³-hybridized carbons (Fsp3) is 0.288. The van der Waals surface area contributed by atoms with Gasteiger partial charge in [-0.25, -0.2) is 19.2 Å². The Morgan fingerprint density at radius 1 is 0.378 bits per heavy atom. The second-order valence-electron chi connectivity index (χ2n) is 21.7. The van der Waals surface area contributed by atoms with Crippen LogP contribution in [0.4, 0.5) is 0 Å². The second kappa shape index (κ2) is 36.8. The summed E-state index contributed by atoms with van der Waals surface area (Å²) in [5.41, 5.74) is 11.1. The molecule has 4 aliphatic heterocycles. The molecule has 4 heterocycles. The highest BCUT2D eigenvalue weighted by Gasteiger charge is 2.30. The molecule has 0 atom stereocenters. The number of hydrogen-bond acceptors (Lipinski definition) is 21. The lowest BCUT2D eigenvalue weighted by Gasteiger charge is -2.12. The van der Waals surface area contributed by atoms with E-state index in [4.69, 9.17) is 61.2 Å². The van der Waals surface area contributed by atoms with Crippen LogP contribution in [-0.2, 0) is 70.6 Å². The fourth-order valence-electron chi connectivity index (χ4n) is 10.5. The Hall–Kier alpha value is -9.42. The highest BCUT2D eigenvalue weighted by Crippen LogP contribution is 2.33. The van der Waals surface area contributed by atoms with E-state index in [1.807, 2.05) is 64.0 Å². The standard InChI is InChI=1S/C18H19BO6.C18H19BO4.C17H17BO6.C17H17BO5.3CH4/c1-3-22-17-10-14(5-7-15(17)18(20)23-4-2)25-13-6-8-16-12(9-13)11-24-19(16)21;1-4-21-18(20)16-7-5-14(9-12(16)2)23-15-6-8-17-13(10-15)11-22-19(17)3;1-2-22-17(20)15-5-3-13(7-11(15)9-19)24-14-4-6-16-12(8-14)10-23-18(16)21;1-3-21-17(19)15-6-4-13(8-11(15)2)23-14-5-7-16-12(9-14)10-22-18(16)20;;;/h5-10,21H,3-4,11H2,1-2H3;5-10H,4,11H2,1-3H3;3-8,19,21H,2,9-10H2,1H3;4-9,20H,3,10H2,1-2H3;3*1H4. The molecule has 8 aromatic rings. The van der Waals surface area contributed by atoms with E-state index >= 15 is 0 Å². The van der Waals surface area contributed by atoms with Gasteiger partial charge in [0.05, 0.1) is 82.8 Å². The first-order valence-corrected chi connectivity index (χ1v) is 31.0. The van der Waals surface area contributed by atoms with Crippen LogP contribution in [0.2, 0.25) is 6.82 Å². The second-order valence-corrected chi connectivity index (χ2v) is 21.7. The van der Waals surface area contributed by atoms with Gasteiger partial charge in [-0.05, 0) is 225 Å². The number of carbonyl (C=O) groups is 4. The summed E-state index contributed by atoms with van der Waals surface area (Å²) >= 11 is 0. The third kappa shape index (κ3) is 19.7. The highest BCUT2D eigenvalue weighted by molar-refractivity contribution is 6.67. The molecule has 0 bridgehead atoms. The zero-order valence-electron chi connectivity index (χ0n) is 54.0. The van der Waals surface area contributed by atoms with Gasteiger partial charge in [0.1, 0.15) is 57.3 Å². The van der Waals surface area contributed by atoms with Gasteiger partial charge in [-0.15, -0.1) is 0 Å². The minimum Gasteiger partial charge on any atom is -0.493 e. The van der Waals surface area contributed by atoms with Crippen molar-refractivity contribution in [3.8, 4) is 51.7 Å². The first kappa shape index (κ1) is 77.6. The van der Waals surface area contributed by atoms with E-state index < -0.39 is 33.3 Å². The fourth-order valence-corrected chi connectivity index (χ4v) is 10.5. The van der Waals surface area contributed by atoms with Crippen molar-refractivity contribution in [2.75, 3.05) is 33.0 Å². The number of fused-ring (bicyclic) bond motifs is 4. The summed E-state index contributed by atoms with van der Waals surface area (Å²) in [6.45, 7) is 17.9. The summed E-state index contributed by atoms with van der Waals surface area (Å²) < 4.78 is 70.0. The molecule has 8 aromatic carbocycles. The van der Waals surface area contributed by atoms with Gasteiger partial charge in [-0.3, -0.25) is 0 Å². The van der Waals surface area contributed by atoms with Gasteiger partial charge >= 0.3 is 52.1 Å². The average molecular weight is 1340 g/mol. The van der Waals surface area contributed by atoms with E-state index in [-0.39, 0.29) is 54.3 Å². The summed E-state index contributed by atoms with van der Waals surface area (Å²) in [6.07, 6.45) is 0. The third-order valence-corrected chi connectivity index (χ3v) is 15.2. The number of carbonyl (C=O) groups excluding carboxylic acids is 4. The number of benzene rings is 8. The molecule has 98 heavy (non-hydrogen) atoms. The van der Waals surface area contributed by atoms with Gasteiger partial charge in [-0.1, -0.05) is 53.4 Å². The molecule has 4 aliphatic rings. The minimum absolute atomic E-state index is 0. The Labute approximate surface area is 574 Å². The molecule has 12 rings (SSSR count). The number of hydrogen-bond donors (Lipinski definition) is 4. The Morgan fingerprint density at radius 3 is 1.04 bits per heavy atom. The zero-order valence-corrected chi connectivity index (χ0v) is 54.0. The molecule has 0 fully saturated rings. The van der Waals surface area contributed by atoms with Gasteiger partial charge in [0.2, 0.25) is 0 Å². The molecular formula is C73H84B4O21. The van der Waals surface area contributed by atoms with Crippen LogP contribution in [0.5, 0.6) is 51.7 Å². The number of aliphatic hydroxyl groups is 1. The number of rotatable bonds is 19. The number of aryl methyl sites for hydroxylation is 2. The molecule has 25 heteroatoms. The maximum Gasteiger partial charge on any atom is 0.491 e. The van der Waals surface area contributed by atoms with Gasteiger partial charge < -0.3 is 81.4 Å². The van der Waals surface area contributed by atoms with Crippen molar-refractivity contribution < 1.29 is 101 Å². The summed E-state index contributed by atoms with van der Waals surface area (Å²) in [6, 6.07) is 42.4. The van der Waals surface area contributed by atoms with Gasteiger partial charge in [0, 0.05) is 6.07 Å². The van der Waals surface area contributed by atoms with E-state index in [1.165, 1.54) is 5.46 Å². The monoisotopic (exact) mass is 1340 g/mol. The van der Waals surface area contributed by atoms with E-state index in [1.54, 1.807) is 137 Å². The molecule has 0 amide bonds. The van der Waals surface area contributed by atoms with Crippen molar-refractivity contribution in [3.63, 3.8) is 0 Å². The van der Waals surface area contributed by atoms with E-state index in [2.05, 4.69) is 0 Å². The summed E-state index contributed by atoms with van der Waals surface area (Å²) in [5, 5.41) is 38.4. The third-order valence-electron chi connectivity index (χ3n) is 15.2. The number of esters is 4. The number of ether oxygens (including phenoxy) is 9. The maximum absolute atomic E-state index is 12.0. The molecular weight excluding hydrogens is 1260 g/mol. The van der Waals surface area contributed by atoms with Gasteiger partial charge in [0.25, 0.3) is 0 Å². The van der Waals surface area contributed by atoms with Crippen LogP contribution >= 0.6 is 0 Å². The highest BCUT2D eigenvalue weighted by atomic mass is 16.6. The van der Waals surface area contributed by atoms with Crippen LogP contribution < -0.4 is 45.5 Å². The first-order chi connectivity index (χ1) is 45.9. The lowest BCUT2D eigenvalue weighted by atomic mass is 9.64. The van der Waals surface area contributed by atoms with Gasteiger partial charge in [0.15, 0.2) is 0 Å². The molecule has 514 valence electrons. The van der Waals surface area contributed by atoms with Crippen molar-refractivity contribution >= 4 is 74.0 Å². The van der Waals surface area contributed by atoms with Crippen molar-refractivity contribution in [2.24, 2.45) is 0 Å². The molecule has 4 N–H and O–H groups in total. The molecule has 21 nitrogen and oxygen atoms in total. The summed E-state index contributed by atoms with van der Waals surface area (Å²) in [5.74, 6) is 3.85. The summed E-state index contributed by atoms with van der Waals surface area (Å²) in [7, 11) is -2.62. The Balaban J connectivity index is 0.000000204.